The first-order valence-electron chi connectivity index (χ1n) is 27.2. The fourth-order valence-corrected chi connectivity index (χ4v) is 13.3. The van der Waals surface area contributed by atoms with Crippen molar-refractivity contribution >= 4 is 44.0 Å². The number of hydrogen-bond donors (Lipinski definition) is 4. The van der Waals surface area contributed by atoms with E-state index in [1.807, 2.05) is 32.0 Å². The highest BCUT2D eigenvalue weighted by molar-refractivity contribution is 7.90. The van der Waals surface area contributed by atoms with Gasteiger partial charge in [0.1, 0.15) is 22.8 Å². The van der Waals surface area contributed by atoms with Gasteiger partial charge in [-0.25, -0.2) is 18.1 Å². The Hall–Kier alpha value is -6.73. The number of fused-ring (bicyclic) bond motifs is 1. The molecule has 1 unspecified atom stereocenters. The molecule has 4 fully saturated rings. The summed E-state index contributed by atoms with van der Waals surface area (Å²) in [5.74, 6) is 1.65. The van der Waals surface area contributed by atoms with Gasteiger partial charge >= 0.3 is 0 Å². The van der Waals surface area contributed by atoms with E-state index < -0.39 is 37.0 Å². The van der Waals surface area contributed by atoms with Gasteiger partial charge in [-0.05, 0) is 148 Å². The normalized spacial score (nSPS) is 21.2. The lowest BCUT2D eigenvalue weighted by atomic mass is 9.59. The van der Waals surface area contributed by atoms with Crippen LogP contribution in [0.5, 0.6) is 23.0 Å². The molecule has 2 aromatic heterocycles. The molecule has 408 valence electrons. The third-order valence-corrected chi connectivity index (χ3v) is 18.0. The number of aromatic nitrogens is 2. The van der Waals surface area contributed by atoms with Crippen molar-refractivity contribution in [2.45, 2.75) is 114 Å². The molecule has 2 saturated carbocycles. The number of aliphatic hydroxyl groups is 1. The number of anilines is 2. The van der Waals surface area contributed by atoms with Crippen molar-refractivity contribution in [2.24, 2.45) is 11.3 Å². The summed E-state index contributed by atoms with van der Waals surface area (Å²) >= 11 is 0. The number of piperidine rings is 1. The third kappa shape index (κ3) is 11.9. The van der Waals surface area contributed by atoms with Crippen LogP contribution in [0.3, 0.4) is 0 Å². The number of piperazine rings is 1. The van der Waals surface area contributed by atoms with Gasteiger partial charge in [-0.3, -0.25) is 24.7 Å². The largest absolute Gasteiger partial charge is 0.493 e. The van der Waals surface area contributed by atoms with Crippen LogP contribution in [-0.2, 0) is 16.6 Å². The van der Waals surface area contributed by atoms with Crippen molar-refractivity contribution in [1.82, 2.24) is 24.5 Å². The molecular formula is C59H72N8O9S. The number of ether oxygens (including phenoxy) is 3. The van der Waals surface area contributed by atoms with Gasteiger partial charge in [-0.1, -0.05) is 44.2 Å². The highest BCUT2D eigenvalue weighted by Crippen LogP contribution is 2.53. The summed E-state index contributed by atoms with van der Waals surface area (Å²) < 4.78 is 47.8. The molecule has 6 aromatic rings. The molecule has 10 rings (SSSR count). The van der Waals surface area contributed by atoms with Crippen molar-refractivity contribution in [1.29, 1.82) is 0 Å². The predicted octanol–water partition coefficient (Wildman–Crippen LogP) is 10.6. The number of benzene rings is 4. The fourth-order valence-electron chi connectivity index (χ4n) is 12.3. The Labute approximate surface area is 451 Å². The van der Waals surface area contributed by atoms with Crippen LogP contribution < -0.4 is 29.1 Å². The monoisotopic (exact) mass is 1070 g/mol. The van der Waals surface area contributed by atoms with Crippen LogP contribution >= 0.6 is 0 Å². The maximum Gasteiger partial charge on any atom is 0.293 e. The number of sulfonamides is 1. The molecule has 2 aliphatic carbocycles. The molecule has 1 spiro atoms. The number of aromatic amines is 1. The number of pyridine rings is 1. The van der Waals surface area contributed by atoms with E-state index in [-0.39, 0.29) is 34.4 Å². The van der Waals surface area contributed by atoms with Crippen molar-refractivity contribution in [2.75, 3.05) is 63.2 Å². The van der Waals surface area contributed by atoms with Crippen LogP contribution in [0.15, 0.2) is 108 Å². The van der Waals surface area contributed by atoms with Gasteiger partial charge in [0.15, 0.2) is 11.5 Å². The van der Waals surface area contributed by atoms with Crippen LogP contribution in [0.25, 0.3) is 11.0 Å². The topological polar surface area (TPSA) is 205 Å². The number of amides is 1. The molecule has 0 radical (unpaired) electrons. The van der Waals surface area contributed by atoms with Crippen LogP contribution in [-0.4, -0.2) is 109 Å². The minimum atomic E-state index is -4.60. The molecule has 4 aromatic carbocycles. The number of rotatable bonds is 18. The van der Waals surface area contributed by atoms with E-state index in [4.69, 9.17) is 14.2 Å². The maximum absolute atomic E-state index is 14.1. The molecule has 1 amide bonds. The third-order valence-electron chi connectivity index (χ3n) is 16.7. The summed E-state index contributed by atoms with van der Waals surface area (Å²) in [6.45, 7) is 14.7. The second kappa shape index (κ2) is 22.3. The first kappa shape index (κ1) is 53.7. The van der Waals surface area contributed by atoms with E-state index in [0.29, 0.717) is 49.3 Å². The number of nitrogens with one attached hydrogen (secondary N) is 3. The Morgan fingerprint density at radius 3 is 2.45 bits per heavy atom. The van der Waals surface area contributed by atoms with Crippen LogP contribution in [0.4, 0.5) is 17.1 Å². The van der Waals surface area contributed by atoms with Crippen LogP contribution in [0, 0.1) is 21.4 Å². The minimum Gasteiger partial charge on any atom is -0.493 e. The molecule has 1 atom stereocenters. The van der Waals surface area contributed by atoms with E-state index in [9.17, 15) is 28.4 Å². The summed E-state index contributed by atoms with van der Waals surface area (Å²) in [5, 5.41) is 26.5. The molecule has 2 saturated heterocycles. The average molecular weight is 1070 g/mol. The lowest BCUT2D eigenvalue weighted by Crippen LogP contribution is -2.60. The summed E-state index contributed by atoms with van der Waals surface area (Å²) in [5.41, 5.74) is 4.72. The standard InChI is InChI=1S/C59H72N8O9S/c1-6-75-55-29-41(11-16-53(55)74-5)37-64-27-28-66(52(38-64)48-10-8-7-9-47(48)39(2)3)44-33-59(34-44)22-25-65(26-23-59)43-12-14-49(54(31-43)76-45-30-42-19-24-60-56(42)62-36-45)57(68)63-77(72,73)46-13-15-50(51(32-46)67(70)71)61-35-40-17-20-58(4,69)21-18-40/h7-16,19,24,29-32,36,39-40,44,52,61,69H,6,17-18,20-23,25-28,33-35,37-38H2,1-5H3,(H,60,62)(H,63,68)/t40-,52?,58-. The molecule has 18 heteroatoms. The molecule has 0 bridgehead atoms. The smallest absolute Gasteiger partial charge is 0.293 e. The van der Waals surface area contributed by atoms with Gasteiger partial charge in [0.25, 0.3) is 21.6 Å². The maximum atomic E-state index is 14.1. The second-order valence-corrected chi connectivity index (χ2v) is 24.0. The first-order valence-corrected chi connectivity index (χ1v) is 28.7. The zero-order chi connectivity index (χ0) is 54.1. The van der Waals surface area contributed by atoms with Gasteiger partial charge in [0, 0.05) is 87.3 Å². The molecule has 17 nitrogen and oxygen atoms in total. The van der Waals surface area contributed by atoms with Gasteiger partial charge in [0.2, 0.25) is 0 Å². The van der Waals surface area contributed by atoms with Crippen molar-refractivity contribution in [3.63, 3.8) is 0 Å². The number of carbonyl (C=O) groups excluding carboxylic acids is 1. The van der Waals surface area contributed by atoms with Crippen LogP contribution in [0.1, 0.15) is 118 Å². The number of nitrogens with zero attached hydrogens (tertiary/aromatic N) is 5. The number of nitro groups is 1. The summed E-state index contributed by atoms with van der Waals surface area (Å²) in [4.78, 5) is 40.6. The summed E-state index contributed by atoms with van der Waals surface area (Å²) in [6, 6.07) is 28.3. The Morgan fingerprint density at radius 1 is 0.935 bits per heavy atom. The predicted molar refractivity (Wildman–Crippen MR) is 298 cm³/mol. The average Bonchev–Trinajstić information content (AvgIpc) is 3.92. The number of H-pyrrole nitrogens is 1. The zero-order valence-corrected chi connectivity index (χ0v) is 45.6. The quantitative estimate of drug-likeness (QED) is 0.0467. The van der Waals surface area contributed by atoms with Gasteiger partial charge in [-0.2, -0.15) is 0 Å². The van der Waals surface area contributed by atoms with Crippen molar-refractivity contribution in [3.8, 4) is 23.0 Å². The lowest BCUT2D eigenvalue weighted by Gasteiger charge is -2.58. The van der Waals surface area contributed by atoms with E-state index in [1.54, 1.807) is 37.7 Å². The minimum absolute atomic E-state index is 0.0333. The van der Waals surface area contributed by atoms with E-state index in [0.717, 1.165) is 106 Å². The number of nitro benzene ring substituents is 1. The fraction of sp³-hybridized carbons (Fsp3) is 0.458. The number of methoxy groups -OCH3 is 1. The van der Waals surface area contributed by atoms with E-state index in [2.05, 4.69) is 85.0 Å². The Balaban J connectivity index is 0.829. The van der Waals surface area contributed by atoms with E-state index in [1.165, 1.54) is 28.8 Å². The number of carbonyl (C=O) groups is 1. The second-order valence-electron chi connectivity index (χ2n) is 22.3. The van der Waals surface area contributed by atoms with Crippen LogP contribution in [0.2, 0.25) is 0 Å². The Bertz CT molecular complexity index is 3210. The molecule has 4 aliphatic rings. The summed E-state index contributed by atoms with van der Waals surface area (Å²) in [6.07, 6.45) is 10.4. The Kier molecular flexibility index (Phi) is 15.6. The van der Waals surface area contributed by atoms with Crippen molar-refractivity contribution < 1.29 is 37.5 Å². The molecule has 4 N–H and O–H groups in total. The van der Waals surface area contributed by atoms with Crippen molar-refractivity contribution in [3.05, 3.63) is 136 Å². The van der Waals surface area contributed by atoms with Gasteiger partial charge < -0.3 is 34.5 Å². The summed E-state index contributed by atoms with van der Waals surface area (Å²) in [7, 11) is -2.92. The highest BCUT2D eigenvalue weighted by atomic mass is 32.2. The zero-order valence-electron chi connectivity index (χ0n) is 44.8. The Morgan fingerprint density at radius 2 is 1.71 bits per heavy atom. The molecular weight excluding hydrogens is 997 g/mol. The first-order chi connectivity index (χ1) is 37.0. The van der Waals surface area contributed by atoms with E-state index >= 15 is 0 Å². The SMILES string of the molecule is CCOc1cc(CN2CCN(C3CC4(CCN(c5ccc(C(=O)NS(=O)(=O)c6ccc(NC[C@H]7CC[C@](C)(O)CC7)c([N+](=O)[O-])c6)c(Oc6cnc7[nH]ccc7c6)c5)CC4)C3)C(c3ccccc3C(C)C)C2)ccc1OC. The highest BCUT2D eigenvalue weighted by Gasteiger charge is 2.50. The molecule has 77 heavy (non-hydrogen) atoms. The van der Waals surface area contributed by atoms with Gasteiger partial charge in [0.05, 0.1) is 40.9 Å². The van der Waals surface area contributed by atoms with Gasteiger partial charge in [-0.15, -0.1) is 0 Å². The lowest BCUT2D eigenvalue weighted by molar-refractivity contribution is -0.384. The molecule has 2 aliphatic heterocycles. The number of hydrogen-bond acceptors (Lipinski definition) is 14. The molecule has 4 heterocycles.